The summed E-state index contributed by atoms with van der Waals surface area (Å²) in [6.07, 6.45) is 2.04. The van der Waals surface area contributed by atoms with Crippen molar-refractivity contribution < 1.29 is 5.11 Å². The van der Waals surface area contributed by atoms with Crippen LogP contribution < -0.4 is 5.32 Å². The summed E-state index contributed by atoms with van der Waals surface area (Å²) in [4.78, 5) is 0. The van der Waals surface area contributed by atoms with Crippen molar-refractivity contribution in [2.45, 2.75) is 19.8 Å². The van der Waals surface area contributed by atoms with Crippen molar-refractivity contribution >= 4 is 11.6 Å². The monoisotopic (exact) mass is 225 g/mol. The summed E-state index contributed by atoms with van der Waals surface area (Å²) in [5, 5.41) is 13.8. The molecule has 2 N–H and O–H groups in total. The van der Waals surface area contributed by atoms with Crippen molar-refractivity contribution in [3.8, 4) is 5.75 Å². The molecule has 1 unspecified atom stereocenters. The molecule has 1 saturated heterocycles. The van der Waals surface area contributed by atoms with E-state index in [4.69, 9.17) is 11.6 Å². The van der Waals surface area contributed by atoms with Crippen molar-refractivity contribution in [1.82, 2.24) is 5.32 Å². The van der Waals surface area contributed by atoms with Crippen LogP contribution in [0.1, 0.15) is 17.5 Å². The first-order chi connectivity index (χ1) is 7.18. The first kappa shape index (κ1) is 10.8. The van der Waals surface area contributed by atoms with E-state index in [2.05, 4.69) is 5.32 Å². The van der Waals surface area contributed by atoms with Gasteiger partial charge < -0.3 is 10.4 Å². The van der Waals surface area contributed by atoms with Crippen molar-refractivity contribution in [1.29, 1.82) is 0 Å². The summed E-state index contributed by atoms with van der Waals surface area (Å²) in [5.41, 5.74) is 1.95. The van der Waals surface area contributed by atoms with E-state index in [9.17, 15) is 5.11 Å². The topological polar surface area (TPSA) is 32.3 Å². The first-order valence-corrected chi connectivity index (χ1v) is 5.74. The molecule has 0 aliphatic carbocycles. The van der Waals surface area contributed by atoms with Gasteiger partial charge in [0.1, 0.15) is 5.75 Å². The highest BCUT2D eigenvalue weighted by Gasteiger charge is 2.18. The van der Waals surface area contributed by atoms with Crippen molar-refractivity contribution in [2.24, 2.45) is 5.92 Å². The number of hydrogen-bond acceptors (Lipinski definition) is 2. The zero-order valence-corrected chi connectivity index (χ0v) is 9.64. The summed E-state index contributed by atoms with van der Waals surface area (Å²) in [6, 6.07) is 3.59. The Balaban J connectivity index is 2.22. The lowest BCUT2D eigenvalue weighted by Gasteiger charge is -2.13. The van der Waals surface area contributed by atoms with Crippen LogP contribution in [0.3, 0.4) is 0 Å². The Morgan fingerprint density at radius 2 is 2.33 bits per heavy atom. The zero-order valence-electron chi connectivity index (χ0n) is 8.89. The lowest BCUT2D eigenvalue weighted by atomic mass is 9.96. The molecule has 1 aromatic carbocycles. The number of rotatable bonds is 2. The van der Waals surface area contributed by atoms with Crippen molar-refractivity contribution in [3.63, 3.8) is 0 Å². The molecule has 0 aromatic heterocycles. The summed E-state index contributed by atoms with van der Waals surface area (Å²) >= 11 is 6.20. The first-order valence-electron chi connectivity index (χ1n) is 5.36. The largest absolute Gasteiger partial charge is 0.508 e. The Hall–Kier alpha value is -0.730. The molecule has 1 fully saturated rings. The maximum Gasteiger partial charge on any atom is 0.120 e. The van der Waals surface area contributed by atoms with Gasteiger partial charge in [0.15, 0.2) is 0 Å². The maximum absolute atomic E-state index is 9.77. The van der Waals surface area contributed by atoms with Crippen LogP contribution in [-0.2, 0) is 6.42 Å². The van der Waals surface area contributed by atoms with E-state index >= 15 is 0 Å². The number of aryl methyl sites for hydroxylation is 1. The van der Waals surface area contributed by atoms with Crippen LogP contribution >= 0.6 is 11.6 Å². The molecule has 2 nitrogen and oxygen atoms in total. The Morgan fingerprint density at radius 3 is 3.00 bits per heavy atom. The molecule has 15 heavy (non-hydrogen) atoms. The predicted octanol–water partition coefficient (Wildman–Crippen LogP) is 2.51. The van der Waals surface area contributed by atoms with Gasteiger partial charge in [-0.2, -0.15) is 0 Å². The van der Waals surface area contributed by atoms with Crippen LogP contribution in [0.25, 0.3) is 0 Å². The van der Waals surface area contributed by atoms with Crippen LogP contribution in [0, 0.1) is 12.8 Å². The summed E-state index contributed by atoms with van der Waals surface area (Å²) in [6.45, 7) is 4.08. The second-order valence-corrected chi connectivity index (χ2v) is 4.64. The van der Waals surface area contributed by atoms with E-state index in [1.54, 1.807) is 6.07 Å². The molecule has 0 amide bonds. The van der Waals surface area contributed by atoms with Gasteiger partial charge in [-0.15, -0.1) is 0 Å². The molecule has 0 spiro atoms. The average Bonchev–Trinajstić information content (AvgIpc) is 2.71. The van der Waals surface area contributed by atoms with Crippen molar-refractivity contribution in [3.05, 3.63) is 28.3 Å². The molecule has 1 aliphatic rings. The highest BCUT2D eigenvalue weighted by Crippen LogP contribution is 2.31. The van der Waals surface area contributed by atoms with E-state index < -0.39 is 0 Å². The van der Waals surface area contributed by atoms with Crippen LogP contribution in [0.2, 0.25) is 5.02 Å². The third-order valence-corrected chi connectivity index (χ3v) is 3.59. The fourth-order valence-corrected chi connectivity index (χ4v) is 2.34. The second-order valence-electron chi connectivity index (χ2n) is 4.26. The van der Waals surface area contributed by atoms with E-state index in [0.29, 0.717) is 11.7 Å². The SMILES string of the molecule is Cc1ccc(O)c(CC2CCNC2)c1Cl. The number of phenolic OH excluding ortho intramolecular Hbond substituents is 1. The number of nitrogens with one attached hydrogen (secondary N) is 1. The Bertz CT molecular complexity index is 359. The number of aromatic hydroxyl groups is 1. The van der Waals surface area contributed by atoms with Gasteiger partial charge in [0.25, 0.3) is 0 Å². The predicted molar refractivity (Wildman–Crippen MR) is 62.5 cm³/mol. The van der Waals surface area contributed by atoms with Gasteiger partial charge >= 0.3 is 0 Å². The van der Waals surface area contributed by atoms with Crippen LogP contribution in [0.5, 0.6) is 5.75 Å². The Morgan fingerprint density at radius 1 is 1.53 bits per heavy atom. The fourth-order valence-electron chi connectivity index (χ4n) is 2.10. The lowest BCUT2D eigenvalue weighted by molar-refractivity contribution is 0.459. The van der Waals surface area contributed by atoms with Gasteiger partial charge in [-0.3, -0.25) is 0 Å². The summed E-state index contributed by atoms with van der Waals surface area (Å²) in [5.74, 6) is 0.938. The highest BCUT2D eigenvalue weighted by molar-refractivity contribution is 6.32. The van der Waals surface area contributed by atoms with Gasteiger partial charge in [-0.1, -0.05) is 17.7 Å². The van der Waals surface area contributed by atoms with Gasteiger partial charge in [0.05, 0.1) is 5.02 Å². The molecule has 1 atom stereocenters. The molecule has 0 bridgehead atoms. The summed E-state index contributed by atoms with van der Waals surface area (Å²) < 4.78 is 0. The summed E-state index contributed by atoms with van der Waals surface area (Å²) in [7, 11) is 0. The van der Waals surface area contributed by atoms with E-state index in [1.165, 1.54) is 6.42 Å². The molecule has 0 radical (unpaired) electrons. The van der Waals surface area contributed by atoms with E-state index in [-0.39, 0.29) is 0 Å². The minimum atomic E-state index is 0.331. The normalized spacial score (nSPS) is 20.8. The third kappa shape index (κ3) is 2.27. The number of halogens is 1. The molecule has 2 rings (SSSR count). The zero-order chi connectivity index (χ0) is 10.8. The standard InChI is InChI=1S/C12H16ClNO/c1-8-2-3-11(15)10(12(8)13)6-9-4-5-14-7-9/h2-3,9,14-15H,4-7H2,1H3. The molecule has 0 saturated carbocycles. The molecular weight excluding hydrogens is 210 g/mol. The number of hydrogen-bond donors (Lipinski definition) is 2. The van der Waals surface area contributed by atoms with Gasteiger partial charge in [-0.25, -0.2) is 0 Å². The molecule has 3 heteroatoms. The van der Waals surface area contributed by atoms with E-state index in [1.807, 2.05) is 13.0 Å². The van der Waals surface area contributed by atoms with Gasteiger partial charge in [0, 0.05) is 5.56 Å². The maximum atomic E-state index is 9.77. The molecule has 1 aliphatic heterocycles. The van der Waals surface area contributed by atoms with E-state index in [0.717, 1.165) is 35.7 Å². The van der Waals surface area contributed by atoms with Crippen LogP contribution in [-0.4, -0.2) is 18.2 Å². The number of benzene rings is 1. The smallest absolute Gasteiger partial charge is 0.120 e. The molecule has 1 aromatic rings. The fraction of sp³-hybridized carbons (Fsp3) is 0.500. The molecule has 1 heterocycles. The molecule has 82 valence electrons. The van der Waals surface area contributed by atoms with Crippen LogP contribution in [0.4, 0.5) is 0 Å². The minimum absolute atomic E-state index is 0.331. The highest BCUT2D eigenvalue weighted by atomic mass is 35.5. The van der Waals surface area contributed by atoms with Crippen LogP contribution in [0.15, 0.2) is 12.1 Å². The van der Waals surface area contributed by atoms with Gasteiger partial charge in [-0.05, 0) is 50.4 Å². The van der Waals surface area contributed by atoms with Gasteiger partial charge in [0.2, 0.25) is 0 Å². The van der Waals surface area contributed by atoms with Crippen molar-refractivity contribution in [2.75, 3.05) is 13.1 Å². The number of phenols is 1. The molecular formula is C12H16ClNO. The second kappa shape index (κ2) is 4.42. The third-order valence-electron chi connectivity index (χ3n) is 3.07. The Labute approximate surface area is 95.3 Å². The average molecular weight is 226 g/mol. The minimum Gasteiger partial charge on any atom is -0.508 e. The quantitative estimate of drug-likeness (QED) is 0.811. The Kier molecular flexibility index (Phi) is 3.17. The lowest BCUT2D eigenvalue weighted by Crippen LogP contribution is -2.11.